The van der Waals surface area contributed by atoms with Crippen molar-refractivity contribution in [3.8, 4) is 0 Å². The minimum atomic E-state index is 0.595. The molecule has 0 radical (unpaired) electrons. The summed E-state index contributed by atoms with van der Waals surface area (Å²) in [5.41, 5.74) is 2.17. The van der Waals surface area contributed by atoms with Crippen LogP contribution >= 0.6 is 0 Å². The Hall–Kier alpha value is -1.81. The summed E-state index contributed by atoms with van der Waals surface area (Å²) in [5.74, 6) is 0.875. The normalized spacial score (nSPS) is 10.6. The van der Waals surface area contributed by atoms with Gasteiger partial charge >= 0.3 is 0 Å². The zero-order valence-corrected chi connectivity index (χ0v) is 10.9. The molecule has 0 fully saturated rings. The van der Waals surface area contributed by atoms with E-state index >= 15 is 0 Å². The lowest BCUT2D eigenvalue weighted by atomic mass is 10.2. The molecule has 1 heterocycles. The maximum Gasteiger partial charge on any atom is 0.207 e. The van der Waals surface area contributed by atoms with Crippen molar-refractivity contribution in [1.82, 2.24) is 9.55 Å². The van der Waals surface area contributed by atoms with Crippen molar-refractivity contribution < 1.29 is 4.74 Å². The molecule has 0 aliphatic heterocycles. The number of aromatic nitrogens is 2. The van der Waals surface area contributed by atoms with Gasteiger partial charge in [-0.2, -0.15) is 0 Å². The minimum Gasteiger partial charge on any atom is -0.380 e. The Balaban J connectivity index is 2.20. The highest BCUT2D eigenvalue weighted by Crippen LogP contribution is 2.20. The Morgan fingerprint density at radius 3 is 2.94 bits per heavy atom. The molecule has 1 aromatic carbocycles. The van der Waals surface area contributed by atoms with Crippen LogP contribution in [0.25, 0.3) is 0 Å². The van der Waals surface area contributed by atoms with Crippen LogP contribution in [-0.4, -0.2) is 16.7 Å². The molecule has 4 nitrogen and oxygen atoms in total. The number of hydrogen-bond donors (Lipinski definition) is 1. The Kier molecular flexibility index (Phi) is 4.36. The molecule has 0 amide bonds. The van der Waals surface area contributed by atoms with Crippen molar-refractivity contribution in [1.29, 1.82) is 0 Å². The molecule has 0 saturated carbocycles. The standard InChI is InChI=1S/C14H19N3O/c1-3-9-17-10-8-15-14(17)16-13-7-5-4-6-12(13)11-18-2/h4-8,10H,3,9,11H2,1-2H3,(H,15,16). The van der Waals surface area contributed by atoms with E-state index < -0.39 is 0 Å². The van der Waals surface area contributed by atoms with Crippen LogP contribution in [0.2, 0.25) is 0 Å². The third-order valence-corrected chi connectivity index (χ3v) is 2.74. The van der Waals surface area contributed by atoms with Crippen LogP contribution in [0, 0.1) is 0 Å². The monoisotopic (exact) mass is 245 g/mol. The molecular formula is C14H19N3O. The van der Waals surface area contributed by atoms with Crippen LogP contribution in [-0.2, 0) is 17.9 Å². The second-order valence-corrected chi connectivity index (χ2v) is 4.16. The predicted octanol–water partition coefficient (Wildman–Crippen LogP) is 3.18. The van der Waals surface area contributed by atoms with Crippen molar-refractivity contribution in [3.63, 3.8) is 0 Å². The third-order valence-electron chi connectivity index (χ3n) is 2.74. The molecule has 4 heteroatoms. The molecule has 1 N–H and O–H groups in total. The van der Waals surface area contributed by atoms with Crippen molar-refractivity contribution in [3.05, 3.63) is 42.2 Å². The number of nitrogens with zero attached hydrogens (tertiary/aromatic N) is 2. The van der Waals surface area contributed by atoms with Crippen LogP contribution in [0.5, 0.6) is 0 Å². The van der Waals surface area contributed by atoms with Gasteiger partial charge in [0.1, 0.15) is 0 Å². The summed E-state index contributed by atoms with van der Waals surface area (Å²) in [6, 6.07) is 8.12. The quantitative estimate of drug-likeness (QED) is 0.849. The Bertz CT molecular complexity index is 493. The fourth-order valence-corrected chi connectivity index (χ4v) is 1.90. The molecule has 0 spiro atoms. The lowest BCUT2D eigenvalue weighted by Gasteiger charge is -2.12. The fraction of sp³-hybridized carbons (Fsp3) is 0.357. The highest BCUT2D eigenvalue weighted by molar-refractivity contribution is 5.58. The lowest BCUT2D eigenvalue weighted by Crippen LogP contribution is -2.04. The summed E-state index contributed by atoms with van der Waals surface area (Å²) in [6.45, 7) is 3.72. The van der Waals surface area contributed by atoms with E-state index in [9.17, 15) is 0 Å². The fourth-order valence-electron chi connectivity index (χ4n) is 1.90. The highest BCUT2D eigenvalue weighted by Gasteiger charge is 2.05. The molecule has 18 heavy (non-hydrogen) atoms. The SMILES string of the molecule is CCCn1ccnc1Nc1ccccc1COC. The number of benzene rings is 1. The molecule has 0 bridgehead atoms. The number of rotatable bonds is 6. The van der Waals surface area contributed by atoms with Crippen molar-refractivity contribution in [2.75, 3.05) is 12.4 Å². The molecule has 96 valence electrons. The van der Waals surface area contributed by atoms with Gasteiger partial charge in [-0.25, -0.2) is 4.98 Å². The highest BCUT2D eigenvalue weighted by atomic mass is 16.5. The second kappa shape index (κ2) is 6.21. The molecule has 1 aromatic heterocycles. The van der Waals surface area contributed by atoms with Gasteiger partial charge in [-0.05, 0) is 12.5 Å². The van der Waals surface area contributed by atoms with Crippen molar-refractivity contribution in [2.45, 2.75) is 26.5 Å². The Labute approximate surface area is 108 Å². The van der Waals surface area contributed by atoms with E-state index in [1.165, 1.54) is 0 Å². The summed E-state index contributed by atoms with van der Waals surface area (Å²) in [7, 11) is 1.70. The number of hydrogen-bond acceptors (Lipinski definition) is 3. The maximum atomic E-state index is 5.20. The van der Waals surface area contributed by atoms with E-state index in [-0.39, 0.29) is 0 Å². The van der Waals surface area contributed by atoms with Gasteiger partial charge in [0.25, 0.3) is 0 Å². The van der Waals surface area contributed by atoms with Gasteiger partial charge in [0.05, 0.1) is 6.61 Å². The molecular weight excluding hydrogens is 226 g/mol. The number of para-hydroxylation sites is 1. The van der Waals surface area contributed by atoms with Crippen molar-refractivity contribution >= 4 is 11.6 Å². The van der Waals surface area contributed by atoms with Crippen LogP contribution in [0.3, 0.4) is 0 Å². The van der Waals surface area contributed by atoms with Crippen molar-refractivity contribution in [2.24, 2.45) is 0 Å². The Morgan fingerprint density at radius 2 is 2.17 bits per heavy atom. The van der Waals surface area contributed by atoms with Crippen LogP contribution < -0.4 is 5.32 Å². The minimum absolute atomic E-state index is 0.595. The van der Waals surface area contributed by atoms with Crippen LogP contribution in [0.1, 0.15) is 18.9 Å². The zero-order chi connectivity index (χ0) is 12.8. The molecule has 0 atom stereocenters. The molecule has 0 saturated heterocycles. The average Bonchev–Trinajstić information content (AvgIpc) is 2.80. The topological polar surface area (TPSA) is 39.1 Å². The summed E-state index contributed by atoms with van der Waals surface area (Å²) in [4.78, 5) is 4.34. The van der Waals surface area contributed by atoms with Gasteiger partial charge in [-0.15, -0.1) is 0 Å². The summed E-state index contributed by atoms with van der Waals surface area (Å²) >= 11 is 0. The van der Waals surface area contributed by atoms with Crippen LogP contribution in [0.4, 0.5) is 11.6 Å². The largest absolute Gasteiger partial charge is 0.380 e. The number of aryl methyl sites for hydroxylation is 1. The smallest absolute Gasteiger partial charge is 0.207 e. The molecule has 0 aliphatic rings. The molecule has 0 aliphatic carbocycles. The first-order valence-corrected chi connectivity index (χ1v) is 6.20. The van der Waals surface area contributed by atoms with Gasteiger partial charge < -0.3 is 14.6 Å². The van der Waals surface area contributed by atoms with Gasteiger partial charge in [-0.1, -0.05) is 25.1 Å². The molecule has 2 rings (SSSR count). The predicted molar refractivity (Wildman–Crippen MR) is 73.0 cm³/mol. The summed E-state index contributed by atoms with van der Waals surface area (Å²) in [6.07, 6.45) is 4.90. The first-order chi connectivity index (χ1) is 8.85. The third kappa shape index (κ3) is 2.90. The van der Waals surface area contributed by atoms with E-state index in [0.29, 0.717) is 6.61 Å². The summed E-state index contributed by atoms with van der Waals surface area (Å²) < 4.78 is 7.31. The second-order valence-electron chi connectivity index (χ2n) is 4.16. The van der Waals surface area contributed by atoms with Gasteiger partial charge in [0.15, 0.2) is 0 Å². The maximum absolute atomic E-state index is 5.20. The van der Waals surface area contributed by atoms with E-state index in [2.05, 4.69) is 27.9 Å². The van der Waals surface area contributed by atoms with E-state index in [1.54, 1.807) is 7.11 Å². The molecule has 0 unspecified atom stereocenters. The number of methoxy groups -OCH3 is 1. The number of nitrogens with one attached hydrogen (secondary N) is 1. The Morgan fingerprint density at radius 1 is 1.33 bits per heavy atom. The average molecular weight is 245 g/mol. The van der Waals surface area contributed by atoms with E-state index in [1.807, 2.05) is 30.6 Å². The van der Waals surface area contributed by atoms with Gasteiger partial charge in [-0.3, -0.25) is 0 Å². The zero-order valence-electron chi connectivity index (χ0n) is 10.9. The first-order valence-electron chi connectivity index (χ1n) is 6.20. The van der Waals surface area contributed by atoms with Crippen LogP contribution in [0.15, 0.2) is 36.7 Å². The van der Waals surface area contributed by atoms with E-state index in [0.717, 1.165) is 30.2 Å². The van der Waals surface area contributed by atoms with Gasteiger partial charge in [0, 0.05) is 37.3 Å². The number of ether oxygens (including phenoxy) is 1. The lowest BCUT2D eigenvalue weighted by molar-refractivity contribution is 0.185. The van der Waals surface area contributed by atoms with Gasteiger partial charge in [0.2, 0.25) is 5.95 Å². The number of imidazole rings is 1. The van der Waals surface area contributed by atoms with E-state index in [4.69, 9.17) is 4.74 Å². The first kappa shape index (κ1) is 12.6. The molecule has 2 aromatic rings. The summed E-state index contributed by atoms with van der Waals surface area (Å²) in [5, 5.41) is 3.36. The number of anilines is 2.